The lowest BCUT2D eigenvalue weighted by Crippen LogP contribution is -2.49. The van der Waals surface area contributed by atoms with E-state index in [9.17, 15) is 18.0 Å². The Kier molecular flexibility index (Phi) is 6.89. The summed E-state index contributed by atoms with van der Waals surface area (Å²) < 4.78 is 38.9. The van der Waals surface area contributed by atoms with Crippen LogP contribution in [0.5, 0.6) is 0 Å². The minimum atomic E-state index is -4.31. The fourth-order valence-electron chi connectivity index (χ4n) is 4.88. The van der Waals surface area contributed by atoms with Crippen LogP contribution in [-0.4, -0.2) is 43.0 Å². The molecule has 0 spiro atoms. The normalized spacial score (nSPS) is 26.0. The van der Waals surface area contributed by atoms with Crippen molar-refractivity contribution in [2.45, 2.75) is 57.9 Å². The minimum absolute atomic E-state index is 0.0585. The molecule has 3 rings (SSSR count). The second kappa shape index (κ2) is 9.04. The highest BCUT2D eigenvalue weighted by Gasteiger charge is 2.43. The molecule has 0 unspecified atom stereocenters. The van der Waals surface area contributed by atoms with Crippen molar-refractivity contribution in [2.24, 2.45) is 17.8 Å². The highest BCUT2D eigenvalue weighted by Crippen LogP contribution is 2.39. The first-order valence-electron chi connectivity index (χ1n) is 10.5. The second-order valence-corrected chi connectivity index (χ2v) is 8.98. The number of amides is 1. The first kappa shape index (κ1) is 22.1. The number of likely N-dealkylation sites (N-methyl/N-ethyl adjacent to an activating group) is 1. The summed E-state index contributed by atoms with van der Waals surface area (Å²) in [6.45, 7) is 6.43. The van der Waals surface area contributed by atoms with Gasteiger partial charge in [0, 0.05) is 25.7 Å². The van der Waals surface area contributed by atoms with Crippen LogP contribution in [0.15, 0.2) is 24.3 Å². The summed E-state index contributed by atoms with van der Waals surface area (Å²) in [5.41, 5.74) is 0.0929. The molecule has 0 radical (unpaired) electrons. The van der Waals surface area contributed by atoms with Crippen LogP contribution in [0, 0.1) is 17.8 Å². The zero-order valence-corrected chi connectivity index (χ0v) is 17.4. The van der Waals surface area contributed by atoms with Gasteiger partial charge in [0.1, 0.15) is 0 Å². The molecule has 2 fully saturated rings. The van der Waals surface area contributed by atoms with Crippen molar-refractivity contribution in [3.05, 3.63) is 35.4 Å². The molecule has 2 N–H and O–H groups in total. The van der Waals surface area contributed by atoms with Crippen molar-refractivity contribution in [3.8, 4) is 0 Å². The average Bonchev–Trinajstić information content (AvgIpc) is 3.20. The second-order valence-electron chi connectivity index (χ2n) is 8.98. The van der Waals surface area contributed by atoms with Gasteiger partial charge >= 0.3 is 6.18 Å². The number of carbonyl (C=O) groups is 1. The molecule has 0 bridgehead atoms. The Balaban J connectivity index is 1.58. The smallest absolute Gasteiger partial charge is 0.352 e. The largest absolute Gasteiger partial charge is 0.416 e. The van der Waals surface area contributed by atoms with Crippen LogP contribution in [0.3, 0.4) is 0 Å². The van der Waals surface area contributed by atoms with E-state index in [0.717, 1.165) is 38.4 Å². The summed E-state index contributed by atoms with van der Waals surface area (Å²) in [6.07, 6.45) is -1.47. The first-order valence-corrected chi connectivity index (χ1v) is 10.5. The monoisotopic (exact) mass is 411 g/mol. The Morgan fingerprint density at radius 2 is 2.00 bits per heavy atom. The molecule has 1 saturated carbocycles. The van der Waals surface area contributed by atoms with Crippen molar-refractivity contribution in [1.29, 1.82) is 0 Å². The fourth-order valence-corrected chi connectivity index (χ4v) is 4.88. The maximum Gasteiger partial charge on any atom is 0.416 e. The maximum absolute atomic E-state index is 13.0. The van der Waals surface area contributed by atoms with Crippen molar-refractivity contribution in [3.63, 3.8) is 0 Å². The lowest BCUT2D eigenvalue weighted by atomic mass is 9.97. The molecule has 7 heteroatoms. The van der Waals surface area contributed by atoms with Crippen LogP contribution in [0.25, 0.3) is 0 Å². The van der Waals surface area contributed by atoms with E-state index in [4.69, 9.17) is 0 Å². The first-order chi connectivity index (χ1) is 13.7. The van der Waals surface area contributed by atoms with Crippen LogP contribution in [0.1, 0.15) is 44.2 Å². The van der Waals surface area contributed by atoms with Crippen LogP contribution in [-0.2, 0) is 17.5 Å². The number of fused-ring (bicyclic) bond motifs is 1. The van der Waals surface area contributed by atoms with E-state index in [1.807, 2.05) is 7.05 Å². The third kappa shape index (κ3) is 5.51. The predicted octanol–water partition coefficient (Wildman–Crippen LogP) is 3.67. The van der Waals surface area contributed by atoms with Crippen molar-refractivity contribution in [1.82, 2.24) is 15.5 Å². The van der Waals surface area contributed by atoms with Gasteiger partial charge < -0.3 is 10.6 Å². The number of alkyl halides is 3. The molecule has 2 aliphatic rings. The quantitative estimate of drug-likeness (QED) is 0.720. The molecule has 1 amide bonds. The summed E-state index contributed by atoms with van der Waals surface area (Å²) in [6, 6.07) is 5.56. The Labute approximate surface area is 171 Å². The van der Waals surface area contributed by atoms with Gasteiger partial charge in [0.2, 0.25) is 5.91 Å². The predicted molar refractivity (Wildman–Crippen MR) is 107 cm³/mol. The van der Waals surface area contributed by atoms with Gasteiger partial charge in [-0.05, 0) is 55.7 Å². The molecule has 1 aliphatic heterocycles. The van der Waals surface area contributed by atoms with E-state index < -0.39 is 11.7 Å². The molecule has 0 aromatic heterocycles. The molecule has 162 valence electrons. The number of halogens is 3. The lowest BCUT2D eigenvalue weighted by Gasteiger charge is -2.25. The van der Waals surface area contributed by atoms with Gasteiger partial charge in [-0.15, -0.1) is 0 Å². The Morgan fingerprint density at radius 1 is 1.24 bits per heavy atom. The van der Waals surface area contributed by atoms with E-state index in [1.165, 1.54) is 12.1 Å². The molecular formula is C22H32F3N3O. The van der Waals surface area contributed by atoms with Gasteiger partial charge in [-0.2, -0.15) is 13.2 Å². The van der Waals surface area contributed by atoms with Crippen molar-refractivity contribution in [2.75, 3.05) is 20.1 Å². The Bertz CT molecular complexity index is 707. The minimum Gasteiger partial charge on any atom is -0.352 e. The lowest BCUT2D eigenvalue weighted by molar-refractivity contribution is -0.137. The number of nitrogens with zero attached hydrogens (tertiary/aromatic N) is 1. The number of nitrogens with one attached hydrogen (secondary N) is 2. The van der Waals surface area contributed by atoms with Gasteiger partial charge in [0.25, 0.3) is 0 Å². The van der Waals surface area contributed by atoms with E-state index in [1.54, 1.807) is 6.07 Å². The summed E-state index contributed by atoms with van der Waals surface area (Å²) in [5, 5.41) is 6.35. The highest BCUT2D eigenvalue weighted by molar-refractivity contribution is 5.82. The van der Waals surface area contributed by atoms with Crippen LogP contribution in [0.2, 0.25) is 0 Å². The fraction of sp³-hybridized carbons (Fsp3) is 0.682. The molecule has 1 aromatic rings. The van der Waals surface area contributed by atoms with Crippen LogP contribution >= 0.6 is 0 Å². The SMILES string of the molecule is CN[C@H](CC(C)C)C(=O)N[C@H]1CC[C@H]2CN(Cc3cccc(C(F)(F)F)c3)C[C@H]21. The summed E-state index contributed by atoms with van der Waals surface area (Å²) in [5.74, 6) is 1.37. The third-order valence-corrected chi connectivity index (χ3v) is 6.29. The van der Waals surface area contributed by atoms with E-state index in [-0.39, 0.29) is 18.0 Å². The van der Waals surface area contributed by atoms with E-state index in [2.05, 4.69) is 29.4 Å². The Morgan fingerprint density at radius 3 is 2.66 bits per heavy atom. The summed E-state index contributed by atoms with van der Waals surface area (Å²) in [7, 11) is 1.82. The number of likely N-dealkylation sites (tertiary alicyclic amines) is 1. The summed E-state index contributed by atoms with van der Waals surface area (Å²) in [4.78, 5) is 14.9. The number of carbonyl (C=O) groups excluding carboxylic acids is 1. The van der Waals surface area contributed by atoms with Crippen LogP contribution < -0.4 is 10.6 Å². The summed E-state index contributed by atoms with van der Waals surface area (Å²) >= 11 is 0. The standard InChI is InChI=1S/C22H32F3N3O/c1-14(2)9-20(26-3)21(29)27-19-8-7-16-12-28(13-18(16)19)11-15-5-4-6-17(10-15)22(23,24)25/h4-6,10,14,16,18-20,26H,7-9,11-13H2,1-3H3,(H,27,29)/t16-,18+,19-,20+/m0/s1. The zero-order chi connectivity index (χ0) is 21.2. The average molecular weight is 412 g/mol. The van der Waals surface area contributed by atoms with Gasteiger partial charge in [0.05, 0.1) is 11.6 Å². The van der Waals surface area contributed by atoms with E-state index in [0.29, 0.717) is 29.9 Å². The number of hydrogen-bond acceptors (Lipinski definition) is 3. The number of hydrogen-bond donors (Lipinski definition) is 2. The van der Waals surface area contributed by atoms with Gasteiger partial charge in [0.15, 0.2) is 0 Å². The maximum atomic E-state index is 13.0. The van der Waals surface area contributed by atoms with Crippen molar-refractivity contribution >= 4 is 5.91 Å². The number of benzene rings is 1. The highest BCUT2D eigenvalue weighted by atomic mass is 19.4. The van der Waals surface area contributed by atoms with Gasteiger partial charge in [-0.1, -0.05) is 32.0 Å². The molecule has 4 nitrogen and oxygen atoms in total. The van der Waals surface area contributed by atoms with Crippen LogP contribution in [0.4, 0.5) is 13.2 Å². The third-order valence-electron chi connectivity index (χ3n) is 6.29. The van der Waals surface area contributed by atoms with Gasteiger partial charge in [-0.25, -0.2) is 0 Å². The van der Waals surface area contributed by atoms with E-state index >= 15 is 0 Å². The molecule has 4 atom stereocenters. The molecule has 1 aliphatic carbocycles. The molecule has 1 saturated heterocycles. The molecule has 1 heterocycles. The molecular weight excluding hydrogens is 379 g/mol. The topological polar surface area (TPSA) is 44.4 Å². The van der Waals surface area contributed by atoms with Crippen molar-refractivity contribution < 1.29 is 18.0 Å². The zero-order valence-electron chi connectivity index (χ0n) is 17.4. The molecule has 1 aromatic carbocycles. The molecule has 29 heavy (non-hydrogen) atoms. The van der Waals surface area contributed by atoms with Gasteiger partial charge in [-0.3, -0.25) is 9.69 Å². The Hall–Kier alpha value is -1.60. The number of rotatable bonds is 7.